The van der Waals surface area contributed by atoms with E-state index in [1.165, 1.54) is 0 Å². The fourth-order valence-corrected chi connectivity index (χ4v) is 2.74. The molecule has 0 aliphatic carbocycles. The maximum absolute atomic E-state index is 12.6. The van der Waals surface area contributed by atoms with Crippen LogP contribution in [0.4, 0.5) is 5.69 Å². The molecular formula is C18H26N2O2. The Kier molecular flexibility index (Phi) is 5.24. The van der Waals surface area contributed by atoms with Crippen LogP contribution < -0.4 is 15.4 Å². The number of hydrogen-bond donors (Lipinski definition) is 1. The van der Waals surface area contributed by atoms with Crippen molar-refractivity contribution < 1.29 is 9.53 Å². The first-order valence-electron chi connectivity index (χ1n) is 7.99. The molecule has 4 nitrogen and oxygen atoms in total. The highest BCUT2D eigenvalue weighted by atomic mass is 16.5. The van der Waals surface area contributed by atoms with Crippen LogP contribution in [0.3, 0.4) is 0 Å². The SMILES string of the molecule is C=C(C)CN1C(=O)C(CC)Oc2ccc(C(N)CCC)cc21. The van der Waals surface area contributed by atoms with Crippen LogP contribution >= 0.6 is 0 Å². The molecule has 2 unspecified atom stereocenters. The Morgan fingerprint density at radius 2 is 2.18 bits per heavy atom. The van der Waals surface area contributed by atoms with Crippen molar-refractivity contribution in [2.24, 2.45) is 5.73 Å². The summed E-state index contributed by atoms with van der Waals surface area (Å²) in [6.45, 7) is 10.4. The van der Waals surface area contributed by atoms with Gasteiger partial charge >= 0.3 is 0 Å². The van der Waals surface area contributed by atoms with E-state index in [-0.39, 0.29) is 11.9 Å². The largest absolute Gasteiger partial charge is 0.478 e. The second kappa shape index (κ2) is 6.97. The van der Waals surface area contributed by atoms with Gasteiger partial charge in [-0.3, -0.25) is 4.79 Å². The van der Waals surface area contributed by atoms with Crippen molar-refractivity contribution in [1.82, 2.24) is 0 Å². The second-order valence-corrected chi connectivity index (χ2v) is 6.02. The first-order valence-corrected chi connectivity index (χ1v) is 7.99. The summed E-state index contributed by atoms with van der Waals surface area (Å²) in [7, 11) is 0. The molecule has 1 aromatic carbocycles. The molecule has 0 aromatic heterocycles. The summed E-state index contributed by atoms with van der Waals surface area (Å²) in [5.74, 6) is 0.749. The molecule has 0 bridgehead atoms. The van der Waals surface area contributed by atoms with Gasteiger partial charge in [0.05, 0.1) is 5.69 Å². The molecule has 0 fully saturated rings. The number of anilines is 1. The molecule has 2 atom stereocenters. The third-order valence-corrected chi connectivity index (χ3v) is 3.91. The van der Waals surface area contributed by atoms with E-state index in [9.17, 15) is 4.79 Å². The van der Waals surface area contributed by atoms with Gasteiger partial charge in [-0.25, -0.2) is 0 Å². The van der Waals surface area contributed by atoms with Crippen LogP contribution in [0.25, 0.3) is 0 Å². The number of carbonyl (C=O) groups is 1. The number of rotatable bonds is 6. The number of benzene rings is 1. The van der Waals surface area contributed by atoms with Gasteiger partial charge in [-0.05, 0) is 37.5 Å². The zero-order chi connectivity index (χ0) is 16.3. The highest BCUT2D eigenvalue weighted by Gasteiger charge is 2.33. The van der Waals surface area contributed by atoms with E-state index in [4.69, 9.17) is 10.5 Å². The number of nitrogens with two attached hydrogens (primary N) is 1. The van der Waals surface area contributed by atoms with E-state index >= 15 is 0 Å². The minimum absolute atomic E-state index is 0.000729. The Morgan fingerprint density at radius 3 is 2.77 bits per heavy atom. The zero-order valence-electron chi connectivity index (χ0n) is 13.8. The van der Waals surface area contributed by atoms with E-state index < -0.39 is 6.10 Å². The fraction of sp³-hybridized carbons (Fsp3) is 0.500. The third-order valence-electron chi connectivity index (χ3n) is 3.91. The molecule has 0 radical (unpaired) electrons. The molecule has 1 heterocycles. The lowest BCUT2D eigenvalue weighted by atomic mass is 10.0. The zero-order valence-corrected chi connectivity index (χ0v) is 13.8. The Labute approximate surface area is 132 Å². The number of ether oxygens (including phenoxy) is 1. The van der Waals surface area contributed by atoms with E-state index in [0.29, 0.717) is 13.0 Å². The summed E-state index contributed by atoms with van der Waals surface area (Å²) in [6, 6.07) is 5.91. The van der Waals surface area contributed by atoms with Crippen molar-refractivity contribution in [3.8, 4) is 5.75 Å². The number of hydrogen-bond acceptors (Lipinski definition) is 3. The van der Waals surface area contributed by atoms with E-state index in [1.54, 1.807) is 4.90 Å². The Hall–Kier alpha value is -1.81. The lowest BCUT2D eigenvalue weighted by Crippen LogP contribution is -2.46. The lowest BCUT2D eigenvalue weighted by molar-refractivity contribution is -0.126. The van der Waals surface area contributed by atoms with Crippen molar-refractivity contribution in [1.29, 1.82) is 0 Å². The number of carbonyl (C=O) groups excluding carboxylic acids is 1. The maximum atomic E-state index is 12.6. The van der Waals surface area contributed by atoms with Crippen LogP contribution in [-0.4, -0.2) is 18.6 Å². The van der Waals surface area contributed by atoms with E-state index in [2.05, 4.69) is 13.5 Å². The molecule has 22 heavy (non-hydrogen) atoms. The van der Waals surface area contributed by atoms with E-state index in [1.807, 2.05) is 32.0 Å². The monoisotopic (exact) mass is 302 g/mol. The van der Waals surface area contributed by atoms with Crippen molar-refractivity contribution in [3.05, 3.63) is 35.9 Å². The van der Waals surface area contributed by atoms with Gasteiger partial charge in [0, 0.05) is 12.6 Å². The molecule has 0 saturated heterocycles. The maximum Gasteiger partial charge on any atom is 0.268 e. The minimum Gasteiger partial charge on any atom is -0.478 e. The smallest absolute Gasteiger partial charge is 0.268 e. The Balaban J connectivity index is 2.41. The summed E-state index contributed by atoms with van der Waals surface area (Å²) < 4.78 is 5.84. The Bertz CT molecular complexity index is 568. The van der Waals surface area contributed by atoms with Crippen molar-refractivity contribution in [2.75, 3.05) is 11.4 Å². The summed E-state index contributed by atoms with van der Waals surface area (Å²) in [5, 5.41) is 0. The summed E-state index contributed by atoms with van der Waals surface area (Å²) >= 11 is 0. The molecule has 1 aliphatic rings. The normalized spacial score (nSPS) is 18.6. The average molecular weight is 302 g/mol. The number of fused-ring (bicyclic) bond motifs is 1. The molecule has 1 amide bonds. The summed E-state index contributed by atoms with van der Waals surface area (Å²) in [4.78, 5) is 14.4. The number of amides is 1. The summed E-state index contributed by atoms with van der Waals surface area (Å²) in [5.41, 5.74) is 9.00. The Morgan fingerprint density at radius 1 is 1.45 bits per heavy atom. The first kappa shape index (κ1) is 16.6. The number of nitrogens with zero attached hydrogens (tertiary/aromatic N) is 1. The topological polar surface area (TPSA) is 55.6 Å². The van der Waals surface area contributed by atoms with Gasteiger partial charge in [0.15, 0.2) is 6.10 Å². The fourth-order valence-electron chi connectivity index (χ4n) is 2.74. The highest BCUT2D eigenvalue weighted by molar-refractivity contribution is 6.00. The van der Waals surface area contributed by atoms with Crippen LogP contribution in [0.5, 0.6) is 5.75 Å². The van der Waals surface area contributed by atoms with Crippen LogP contribution in [0.2, 0.25) is 0 Å². The predicted octanol–water partition coefficient (Wildman–Crippen LogP) is 3.57. The van der Waals surface area contributed by atoms with E-state index in [0.717, 1.165) is 35.4 Å². The van der Waals surface area contributed by atoms with Crippen LogP contribution in [-0.2, 0) is 4.79 Å². The first-order chi connectivity index (χ1) is 10.5. The van der Waals surface area contributed by atoms with Crippen LogP contribution in [0.15, 0.2) is 30.4 Å². The van der Waals surface area contributed by atoms with Crippen molar-refractivity contribution in [3.63, 3.8) is 0 Å². The van der Waals surface area contributed by atoms with Gasteiger partial charge < -0.3 is 15.4 Å². The molecule has 0 saturated carbocycles. The molecule has 1 aliphatic heterocycles. The molecule has 120 valence electrons. The quantitative estimate of drug-likeness (QED) is 0.817. The summed E-state index contributed by atoms with van der Waals surface area (Å²) in [6.07, 6.45) is 2.19. The van der Waals surface area contributed by atoms with Gasteiger partial charge in [0.1, 0.15) is 5.75 Å². The molecular weight excluding hydrogens is 276 g/mol. The van der Waals surface area contributed by atoms with Gasteiger partial charge in [-0.1, -0.05) is 38.5 Å². The lowest BCUT2D eigenvalue weighted by Gasteiger charge is -2.34. The van der Waals surface area contributed by atoms with Gasteiger partial charge in [0.25, 0.3) is 5.91 Å². The second-order valence-electron chi connectivity index (χ2n) is 6.02. The minimum atomic E-state index is -0.415. The molecule has 4 heteroatoms. The molecule has 2 N–H and O–H groups in total. The standard InChI is InChI=1S/C18H26N2O2/c1-5-7-14(19)13-8-9-17-15(10-13)20(11-12(3)4)18(21)16(6-2)22-17/h8-10,14,16H,3,5-7,11,19H2,1-2,4H3. The van der Waals surface area contributed by atoms with Crippen LogP contribution in [0.1, 0.15) is 51.6 Å². The van der Waals surface area contributed by atoms with Crippen molar-refractivity contribution >= 4 is 11.6 Å². The molecule has 0 spiro atoms. The van der Waals surface area contributed by atoms with Gasteiger partial charge in [-0.15, -0.1) is 0 Å². The van der Waals surface area contributed by atoms with Gasteiger partial charge in [-0.2, -0.15) is 0 Å². The molecule has 2 rings (SSSR count). The third kappa shape index (κ3) is 3.33. The van der Waals surface area contributed by atoms with Crippen LogP contribution in [0, 0.1) is 0 Å². The molecule has 1 aromatic rings. The average Bonchev–Trinajstić information content (AvgIpc) is 2.49. The highest BCUT2D eigenvalue weighted by Crippen LogP contribution is 2.37. The predicted molar refractivity (Wildman–Crippen MR) is 90.2 cm³/mol. The van der Waals surface area contributed by atoms with Crippen molar-refractivity contribution in [2.45, 2.75) is 52.2 Å². The van der Waals surface area contributed by atoms with Gasteiger partial charge in [0.2, 0.25) is 0 Å².